The maximum atomic E-state index is 11.2. The van der Waals surface area contributed by atoms with Gasteiger partial charge in [0.15, 0.2) is 0 Å². The molecule has 0 saturated carbocycles. The van der Waals surface area contributed by atoms with Crippen molar-refractivity contribution in [1.29, 1.82) is 0 Å². The predicted octanol–water partition coefficient (Wildman–Crippen LogP) is 3.72. The van der Waals surface area contributed by atoms with Gasteiger partial charge in [0, 0.05) is 40.7 Å². The Hall–Kier alpha value is -2.66. The molecule has 4 rings (SSSR count). The number of nitrogens with zero attached hydrogens (tertiary/aromatic N) is 1. The van der Waals surface area contributed by atoms with Gasteiger partial charge in [0.25, 0.3) is 20.2 Å². The summed E-state index contributed by atoms with van der Waals surface area (Å²) in [7, 11) is -6.79. The molecule has 0 amide bonds. The number of anilines is 2. The van der Waals surface area contributed by atoms with Gasteiger partial charge in [-0.2, -0.15) is 16.8 Å². The fourth-order valence-corrected chi connectivity index (χ4v) is 5.41. The van der Waals surface area contributed by atoms with Gasteiger partial charge in [-0.1, -0.05) is 38.1 Å². The largest absolute Gasteiger partial charge is 0.399 e. The van der Waals surface area contributed by atoms with Crippen molar-refractivity contribution in [3.8, 4) is 0 Å². The van der Waals surface area contributed by atoms with Crippen molar-refractivity contribution in [2.45, 2.75) is 42.0 Å². The lowest BCUT2D eigenvalue weighted by Crippen LogP contribution is -2.36. The van der Waals surface area contributed by atoms with E-state index in [1.807, 2.05) is 6.07 Å². The first kappa shape index (κ1) is 24.0. The highest BCUT2D eigenvalue weighted by Crippen LogP contribution is 2.44. The molecule has 4 N–H and O–H groups in total. The predicted molar refractivity (Wildman–Crippen MR) is 125 cm³/mol. The molecule has 0 radical (unpaired) electrons. The minimum atomic E-state index is -4.47. The molecule has 10 heteroatoms. The maximum absolute atomic E-state index is 11.2. The quantitative estimate of drug-likeness (QED) is 0.374. The van der Waals surface area contributed by atoms with Crippen LogP contribution in [0.25, 0.3) is 10.8 Å². The van der Waals surface area contributed by atoms with E-state index < -0.39 is 30.0 Å². The van der Waals surface area contributed by atoms with Crippen molar-refractivity contribution in [2.75, 3.05) is 17.7 Å². The summed E-state index contributed by atoms with van der Waals surface area (Å²) < 4.78 is 62.7. The number of nitrogens with two attached hydrogens (primary N) is 1. The fourth-order valence-electron chi connectivity index (χ4n) is 4.00. The number of rotatable bonds is 2. The van der Waals surface area contributed by atoms with E-state index in [9.17, 15) is 16.8 Å². The fraction of sp³-hybridized carbons (Fsp3) is 0.273. The van der Waals surface area contributed by atoms with Crippen molar-refractivity contribution in [1.82, 2.24) is 0 Å². The Morgan fingerprint density at radius 1 is 0.875 bits per heavy atom. The zero-order valence-electron chi connectivity index (χ0n) is 18.1. The third-order valence-electron chi connectivity index (χ3n) is 6.12. The summed E-state index contributed by atoms with van der Waals surface area (Å²) in [6.45, 7) is 6.81. The number of fused-ring (bicyclic) bond motifs is 2. The van der Waals surface area contributed by atoms with Gasteiger partial charge in [-0.05, 0) is 42.8 Å². The third kappa shape index (κ3) is 4.31. The summed E-state index contributed by atoms with van der Waals surface area (Å²) in [5.74, 6) is 0. The molecule has 3 aromatic carbocycles. The number of hydrogen-bond donors (Lipinski definition) is 3. The molecule has 0 spiro atoms. The summed E-state index contributed by atoms with van der Waals surface area (Å²) in [6.07, 6.45) is 0. The molecule has 1 unspecified atom stereocenters. The molecule has 32 heavy (non-hydrogen) atoms. The SMILES string of the molecule is CC1N(C)c2ccc(N)cc2C1(C)C.O=S(=O)(O)c1cccc2c(S(=O)(=O)O)cccc12. The second-order valence-corrected chi connectivity index (χ2v) is 11.1. The van der Waals surface area contributed by atoms with E-state index in [1.165, 1.54) is 35.5 Å². The van der Waals surface area contributed by atoms with E-state index >= 15 is 0 Å². The van der Waals surface area contributed by atoms with Crippen LogP contribution in [0.3, 0.4) is 0 Å². The van der Waals surface area contributed by atoms with Gasteiger partial charge < -0.3 is 10.6 Å². The molecule has 0 aromatic heterocycles. The van der Waals surface area contributed by atoms with E-state index in [0.717, 1.165) is 17.8 Å². The van der Waals surface area contributed by atoms with Crippen molar-refractivity contribution >= 4 is 42.4 Å². The maximum Gasteiger partial charge on any atom is 0.295 e. The number of benzene rings is 3. The number of nitrogen functional groups attached to an aromatic ring is 1. The Kier molecular flexibility index (Phi) is 6.03. The average molecular weight is 479 g/mol. The van der Waals surface area contributed by atoms with E-state index in [-0.39, 0.29) is 16.2 Å². The Morgan fingerprint density at radius 3 is 1.78 bits per heavy atom. The highest BCUT2D eigenvalue weighted by Gasteiger charge is 2.39. The summed E-state index contributed by atoms with van der Waals surface area (Å²) in [5.41, 5.74) is 9.56. The Morgan fingerprint density at radius 2 is 1.34 bits per heavy atom. The molecule has 0 saturated heterocycles. The summed E-state index contributed by atoms with van der Waals surface area (Å²) in [6, 6.07) is 14.3. The molecule has 0 bridgehead atoms. The molecular formula is C22H26N2O6S2. The summed E-state index contributed by atoms with van der Waals surface area (Å²) in [5, 5.41) is 0.0465. The van der Waals surface area contributed by atoms with Crippen LogP contribution >= 0.6 is 0 Å². The van der Waals surface area contributed by atoms with Gasteiger partial charge in [0.05, 0.1) is 0 Å². The Labute approximate surface area is 188 Å². The highest BCUT2D eigenvalue weighted by atomic mass is 32.2. The van der Waals surface area contributed by atoms with Crippen molar-refractivity contribution < 1.29 is 25.9 Å². The Balaban J connectivity index is 0.000000186. The lowest BCUT2D eigenvalue weighted by atomic mass is 9.81. The van der Waals surface area contributed by atoms with Gasteiger partial charge in [-0.15, -0.1) is 0 Å². The van der Waals surface area contributed by atoms with Gasteiger partial charge >= 0.3 is 0 Å². The molecule has 1 aliphatic rings. The zero-order chi connectivity index (χ0) is 24.1. The summed E-state index contributed by atoms with van der Waals surface area (Å²) >= 11 is 0. The van der Waals surface area contributed by atoms with Crippen LogP contribution in [0.5, 0.6) is 0 Å². The van der Waals surface area contributed by atoms with Crippen LogP contribution in [0, 0.1) is 0 Å². The molecule has 172 valence electrons. The molecule has 0 fully saturated rings. The molecular weight excluding hydrogens is 452 g/mol. The highest BCUT2D eigenvalue weighted by molar-refractivity contribution is 7.86. The number of likely N-dealkylation sites (N-methyl/N-ethyl adjacent to an activating group) is 1. The molecule has 1 atom stereocenters. The topological polar surface area (TPSA) is 138 Å². The van der Waals surface area contributed by atoms with E-state index in [0.29, 0.717) is 6.04 Å². The average Bonchev–Trinajstić information content (AvgIpc) is 2.86. The minimum absolute atomic E-state index is 0.0233. The van der Waals surface area contributed by atoms with Crippen LogP contribution in [-0.4, -0.2) is 39.0 Å². The van der Waals surface area contributed by atoms with Crippen LogP contribution in [-0.2, 0) is 25.7 Å². The van der Waals surface area contributed by atoms with Crippen molar-refractivity contribution in [3.63, 3.8) is 0 Å². The van der Waals surface area contributed by atoms with Crippen LogP contribution in [0.15, 0.2) is 64.4 Å². The second kappa shape index (κ2) is 8.04. The van der Waals surface area contributed by atoms with E-state index in [2.05, 4.69) is 44.9 Å². The van der Waals surface area contributed by atoms with E-state index in [4.69, 9.17) is 14.8 Å². The van der Waals surface area contributed by atoms with Crippen molar-refractivity contribution in [3.05, 3.63) is 60.2 Å². The van der Waals surface area contributed by atoms with Gasteiger partial charge in [-0.25, -0.2) is 0 Å². The minimum Gasteiger partial charge on any atom is -0.399 e. The first-order valence-corrected chi connectivity index (χ1v) is 12.6. The zero-order valence-corrected chi connectivity index (χ0v) is 19.8. The Bertz CT molecular complexity index is 1330. The molecule has 1 heterocycles. The first-order chi connectivity index (χ1) is 14.7. The van der Waals surface area contributed by atoms with Crippen molar-refractivity contribution in [2.24, 2.45) is 0 Å². The standard InChI is InChI=1S/C12H18N2.C10H8O6S2/c1-8-12(2,3)10-7-9(13)5-6-11(10)14(8)4;11-17(12,13)9-5-1-3-7-8(9)4-2-6-10(7)18(14,15)16/h5-8H,13H2,1-4H3;1-6H,(H,11,12,13)(H,14,15,16). The van der Waals surface area contributed by atoms with Crippen LogP contribution in [0.4, 0.5) is 11.4 Å². The van der Waals surface area contributed by atoms with Gasteiger partial charge in [-0.3, -0.25) is 9.11 Å². The third-order valence-corrected chi connectivity index (χ3v) is 7.94. The number of hydrogen-bond acceptors (Lipinski definition) is 6. The molecule has 8 nitrogen and oxygen atoms in total. The van der Waals surface area contributed by atoms with Crippen LogP contribution in [0.1, 0.15) is 26.3 Å². The van der Waals surface area contributed by atoms with Crippen LogP contribution < -0.4 is 10.6 Å². The van der Waals surface area contributed by atoms with Gasteiger partial charge in [0.2, 0.25) is 0 Å². The lowest BCUT2D eigenvalue weighted by Gasteiger charge is -2.28. The monoisotopic (exact) mass is 478 g/mol. The van der Waals surface area contributed by atoms with E-state index in [1.54, 1.807) is 0 Å². The first-order valence-electron chi connectivity index (χ1n) is 9.75. The molecule has 1 aliphatic heterocycles. The molecule has 0 aliphatic carbocycles. The lowest BCUT2D eigenvalue weighted by molar-refractivity contribution is 0.454. The molecule has 3 aromatic rings. The smallest absolute Gasteiger partial charge is 0.295 e. The second-order valence-electron chi connectivity index (χ2n) is 8.34. The van der Waals surface area contributed by atoms with Crippen LogP contribution in [0.2, 0.25) is 0 Å². The summed E-state index contributed by atoms with van der Waals surface area (Å²) in [4.78, 5) is 1.51. The normalized spacial score (nSPS) is 17.6. The van der Waals surface area contributed by atoms with Gasteiger partial charge in [0.1, 0.15) is 9.79 Å².